The average Bonchev–Trinajstić information content (AvgIpc) is 3.18. The van der Waals surface area contributed by atoms with E-state index in [0.29, 0.717) is 11.3 Å². The van der Waals surface area contributed by atoms with Crippen LogP contribution in [0, 0.1) is 5.41 Å². The highest BCUT2D eigenvalue weighted by molar-refractivity contribution is 6.32. The van der Waals surface area contributed by atoms with Crippen molar-refractivity contribution in [2.24, 2.45) is 0 Å². The largest absolute Gasteiger partial charge is 0.435 e. The van der Waals surface area contributed by atoms with Crippen molar-refractivity contribution in [1.82, 2.24) is 20.4 Å². The van der Waals surface area contributed by atoms with Crippen molar-refractivity contribution in [2.45, 2.75) is 6.18 Å². The van der Waals surface area contributed by atoms with Gasteiger partial charge in [-0.1, -0.05) is 35.9 Å². The molecule has 0 radical (unpaired) electrons. The van der Waals surface area contributed by atoms with E-state index in [9.17, 15) is 18.0 Å². The van der Waals surface area contributed by atoms with Gasteiger partial charge in [0.05, 0.1) is 16.4 Å². The van der Waals surface area contributed by atoms with Crippen molar-refractivity contribution in [3.05, 3.63) is 83.2 Å². The second kappa shape index (κ2) is 9.05. The maximum Gasteiger partial charge on any atom is 0.435 e. The van der Waals surface area contributed by atoms with Crippen LogP contribution < -0.4 is 10.6 Å². The molecule has 1 aromatic heterocycles. The van der Waals surface area contributed by atoms with Gasteiger partial charge in [0.1, 0.15) is 5.84 Å². The highest BCUT2D eigenvalue weighted by Gasteiger charge is 2.35. The summed E-state index contributed by atoms with van der Waals surface area (Å²) < 4.78 is 41.0. The van der Waals surface area contributed by atoms with Gasteiger partial charge in [0.15, 0.2) is 5.69 Å². The van der Waals surface area contributed by atoms with Gasteiger partial charge < -0.3 is 10.6 Å². The molecule has 0 unspecified atom stereocenters. The molecular weight excluding hydrogens is 431 g/mol. The smallest absolute Gasteiger partial charge is 0.394 e. The molecule has 0 fully saturated rings. The van der Waals surface area contributed by atoms with Crippen molar-refractivity contribution in [1.29, 1.82) is 5.41 Å². The minimum atomic E-state index is -4.64. The van der Waals surface area contributed by atoms with E-state index in [-0.39, 0.29) is 22.1 Å². The summed E-state index contributed by atoms with van der Waals surface area (Å²) >= 11 is 6.17. The van der Waals surface area contributed by atoms with Crippen molar-refractivity contribution >= 4 is 23.3 Å². The summed E-state index contributed by atoms with van der Waals surface area (Å²) in [6, 6.07) is 13.3. The molecule has 1 amide bonds. The number of aromatic nitrogens is 2. The quantitative estimate of drug-likeness (QED) is 0.393. The Bertz CT molecular complexity index is 1140. The lowest BCUT2D eigenvalue weighted by Gasteiger charge is -2.10. The van der Waals surface area contributed by atoms with Gasteiger partial charge in [-0.25, -0.2) is 4.68 Å². The maximum atomic E-state index is 13.3. The first-order chi connectivity index (χ1) is 14.7. The fraction of sp³-hybridized carbons (Fsp3) is 0.0952. The number of carbonyl (C=O) groups excluding carboxylic acids is 1. The number of amidine groups is 1. The zero-order valence-corrected chi connectivity index (χ0v) is 16.9. The molecule has 0 aliphatic rings. The summed E-state index contributed by atoms with van der Waals surface area (Å²) in [7, 11) is 1.65. The maximum absolute atomic E-state index is 13.3. The van der Waals surface area contributed by atoms with E-state index in [1.165, 1.54) is 36.5 Å². The molecule has 10 heteroatoms. The Morgan fingerprint density at radius 1 is 1.16 bits per heavy atom. The topological polar surface area (TPSA) is 82.8 Å². The third-order valence-corrected chi connectivity index (χ3v) is 4.51. The Balaban J connectivity index is 1.96. The molecule has 3 rings (SSSR count). The number of alkyl halides is 3. The van der Waals surface area contributed by atoms with Crippen molar-refractivity contribution in [2.75, 3.05) is 7.05 Å². The summed E-state index contributed by atoms with van der Waals surface area (Å²) in [6.45, 7) is 0. The Labute approximate surface area is 180 Å². The Morgan fingerprint density at radius 3 is 2.45 bits per heavy atom. The zero-order valence-electron chi connectivity index (χ0n) is 16.2. The predicted molar refractivity (Wildman–Crippen MR) is 112 cm³/mol. The third kappa shape index (κ3) is 5.13. The van der Waals surface area contributed by atoms with Gasteiger partial charge >= 0.3 is 6.18 Å². The van der Waals surface area contributed by atoms with Crippen LogP contribution in [0.15, 0.2) is 66.9 Å². The second-order valence-electron chi connectivity index (χ2n) is 6.34. The predicted octanol–water partition coefficient (Wildman–Crippen LogP) is 4.65. The number of rotatable bonds is 5. The summed E-state index contributed by atoms with van der Waals surface area (Å²) in [5, 5.41) is 16.7. The molecule has 3 N–H and O–H groups in total. The number of nitrogens with one attached hydrogen (secondary N) is 3. The number of benzene rings is 2. The van der Waals surface area contributed by atoms with Gasteiger partial charge in [-0.2, -0.15) is 18.3 Å². The summed E-state index contributed by atoms with van der Waals surface area (Å²) in [6.07, 6.45) is -1.78. The molecule has 0 aliphatic heterocycles. The van der Waals surface area contributed by atoms with Crippen LogP contribution in [0.5, 0.6) is 0 Å². The Morgan fingerprint density at radius 2 is 1.84 bits per heavy atom. The van der Waals surface area contributed by atoms with Gasteiger partial charge in [0, 0.05) is 18.2 Å². The third-order valence-electron chi connectivity index (χ3n) is 4.19. The van der Waals surface area contributed by atoms with Crippen molar-refractivity contribution in [3.63, 3.8) is 0 Å². The molecule has 2 aromatic carbocycles. The number of carbonyl (C=O) groups is 1. The highest BCUT2D eigenvalue weighted by Crippen LogP contribution is 2.34. The number of para-hydroxylation sites is 1. The minimum absolute atomic E-state index is 0.116. The van der Waals surface area contributed by atoms with Crippen LogP contribution in [0.4, 0.5) is 13.2 Å². The second-order valence-corrected chi connectivity index (χ2v) is 6.75. The zero-order chi connectivity index (χ0) is 22.6. The number of amides is 1. The average molecular weight is 448 g/mol. The molecule has 3 aromatic rings. The van der Waals surface area contributed by atoms with Crippen LogP contribution in [0.1, 0.15) is 16.1 Å². The van der Waals surface area contributed by atoms with Crippen LogP contribution in [0.25, 0.3) is 16.9 Å². The highest BCUT2D eigenvalue weighted by atomic mass is 35.5. The van der Waals surface area contributed by atoms with E-state index in [0.717, 1.165) is 10.7 Å². The SMILES string of the molecule is CN/C=C\C(=N)NC(=O)c1ccc(-c2cc(C(F)(F)F)nn2-c2ccccc2Cl)cc1. The van der Waals surface area contributed by atoms with Gasteiger partial charge in [-0.3, -0.25) is 10.2 Å². The van der Waals surface area contributed by atoms with Crippen molar-refractivity contribution in [3.8, 4) is 16.9 Å². The summed E-state index contributed by atoms with van der Waals surface area (Å²) in [4.78, 5) is 12.2. The normalized spacial score (nSPS) is 11.5. The lowest BCUT2D eigenvalue weighted by atomic mass is 10.1. The van der Waals surface area contributed by atoms with Crippen LogP contribution in [-0.2, 0) is 6.18 Å². The van der Waals surface area contributed by atoms with Crippen LogP contribution in [0.3, 0.4) is 0 Å². The minimum Gasteiger partial charge on any atom is -0.394 e. The van der Waals surface area contributed by atoms with Gasteiger partial charge in [-0.15, -0.1) is 0 Å². The fourth-order valence-electron chi connectivity index (χ4n) is 2.73. The van der Waals surface area contributed by atoms with E-state index >= 15 is 0 Å². The molecule has 0 aliphatic carbocycles. The molecular formula is C21H17ClF3N5O. The van der Waals surface area contributed by atoms with Gasteiger partial charge in [-0.05, 0) is 42.6 Å². The van der Waals surface area contributed by atoms with Gasteiger partial charge in [0.2, 0.25) is 0 Å². The summed E-state index contributed by atoms with van der Waals surface area (Å²) in [5.74, 6) is -0.636. The molecule has 0 saturated heterocycles. The van der Waals surface area contributed by atoms with E-state index in [1.807, 2.05) is 0 Å². The van der Waals surface area contributed by atoms with E-state index in [1.54, 1.807) is 31.3 Å². The lowest BCUT2D eigenvalue weighted by Crippen LogP contribution is -2.28. The lowest BCUT2D eigenvalue weighted by molar-refractivity contribution is -0.141. The fourth-order valence-corrected chi connectivity index (χ4v) is 2.94. The van der Waals surface area contributed by atoms with Crippen molar-refractivity contribution < 1.29 is 18.0 Å². The van der Waals surface area contributed by atoms with Crippen LogP contribution >= 0.6 is 11.6 Å². The monoisotopic (exact) mass is 447 g/mol. The molecule has 1 heterocycles. The first kappa shape index (κ1) is 22.1. The Hall–Kier alpha value is -3.59. The Kier molecular flexibility index (Phi) is 6.45. The molecule has 0 bridgehead atoms. The standard InChI is InChI=1S/C21H17ClF3N5O/c1-27-11-10-19(26)28-20(31)14-8-6-13(7-9-14)17-12-18(21(23,24)25)29-30(17)16-5-3-2-4-15(16)22/h2-12,27H,1H3,(H2,26,28,31)/b11-10-. The van der Waals surface area contributed by atoms with Gasteiger partial charge in [0.25, 0.3) is 5.91 Å². The first-order valence-corrected chi connectivity index (χ1v) is 9.35. The van der Waals surface area contributed by atoms with Crippen LogP contribution in [-0.4, -0.2) is 28.6 Å². The number of halogens is 4. The van der Waals surface area contributed by atoms with E-state index in [4.69, 9.17) is 17.0 Å². The van der Waals surface area contributed by atoms with E-state index < -0.39 is 17.8 Å². The molecule has 0 atom stereocenters. The molecule has 160 valence electrons. The van der Waals surface area contributed by atoms with Crippen LogP contribution in [0.2, 0.25) is 5.02 Å². The summed E-state index contributed by atoms with van der Waals surface area (Å²) in [5.41, 5.74) is 0.0446. The first-order valence-electron chi connectivity index (χ1n) is 8.97. The van der Waals surface area contributed by atoms with E-state index in [2.05, 4.69) is 15.7 Å². The molecule has 0 saturated carbocycles. The molecule has 6 nitrogen and oxygen atoms in total. The molecule has 0 spiro atoms. The molecule has 31 heavy (non-hydrogen) atoms. The number of nitrogens with zero attached hydrogens (tertiary/aromatic N) is 2. The number of hydrogen-bond donors (Lipinski definition) is 3. The number of hydrogen-bond acceptors (Lipinski definition) is 4.